The Kier molecular flexibility index (Phi) is 5.77. The summed E-state index contributed by atoms with van der Waals surface area (Å²) in [7, 11) is 1.23. The van der Waals surface area contributed by atoms with Gasteiger partial charge >= 0.3 is 12.1 Å². The van der Waals surface area contributed by atoms with Crippen LogP contribution in [-0.2, 0) is 14.9 Å². The summed E-state index contributed by atoms with van der Waals surface area (Å²) in [5, 5.41) is 13.5. The summed E-state index contributed by atoms with van der Waals surface area (Å²) in [4.78, 5) is 27.8. The number of nitrogens with zero attached hydrogens (tertiary/aromatic N) is 4. The first-order chi connectivity index (χ1) is 11.9. The molecular weight excluding hydrogens is 348 g/mol. The third-order valence-electron chi connectivity index (χ3n) is 4.90. The Hall–Kier alpha value is -2.44. The number of piperidine rings is 1. The molecule has 0 aliphatic carbocycles. The number of amides is 1. The van der Waals surface area contributed by atoms with Gasteiger partial charge < -0.3 is 14.7 Å². The van der Waals surface area contributed by atoms with Crippen molar-refractivity contribution in [3.63, 3.8) is 0 Å². The summed E-state index contributed by atoms with van der Waals surface area (Å²) >= 11 is 5.97. The van der Waals surface area contributed by atoms with E-state index in [2.05, 4.69) is 10.0 Å². The highest BCUT2D eigenvalue weighted by Gasteiger charge is 2.51. The van der Waals surface area contributed by atoms with Gasteiger partial charge in [-0.05, 0) is 35.6 Å². The molecule has 1 amide bonds. The van der Waals surface area contributed by atoms with E-state index in [0.29, 0.717) is 11.4 Å². The Morgan fingerprint density at radius 2 is 2.12 bits per heavy atom. The first-order valence-corrected chi connectivity index (χ1v) is 8.10. The number of halogens is 1. The van der Waals surface area contributed by atoms with E-state index in [1.807, 2.05) is 6.92 Å². The summed E-state index contributed by atoms with van der Waals surface area (Å²) in [5.41, 5.74) is 8.85. The minimum atomic E-state index is -1.10. The first-order valence-electron chi connectivity index (χ1n) is 7.72. The number of azide groups is 1. The minimum Gasteiger partial charge on any atom is -0.469 e. The molecule has 134 valence electrons. The number of hydrogen-bond acceptors (Lipinski definition) is 4. The predicted octanol–water partition coefficient (Wildman–Crippen LogP) is 3.45. The van der Waals surface area contributed by atoms with Crippen LogP contribution in [0, 0.1) is 5.92 Å². The minimum absolute atomic E-state index is 0.215. The van der Waals surface area contributed by atoms with Crippen LogP contribution < -0.4 is 0 Å². The van der Waals surface area contributed by atoms with Gasteiger partial charge in [0.05, 0.1) is 7.11 Å². The summed E-state index contributed by atoms with van der Waals surface area (Å²) in [5.74, 6) is -0.934. The maximum atomic E-state index is 12.4. The van der Waals surface area contributed by atoms with Crippen molar-refractivity contribution in [2.24, 2.45) is 11.0 Å². The van der Waals surface area contributed by atoms with Crippen LogP contribution in [0.4, 0.5) is 4.79 Å². The number of benzene rings is 1. The van der Waals surface area contributed by atoms with E-state index in [0.717, 1.165) is 5.56 Å². The van der Waals surface area contributed by atoms with Gasteiger partial charge in [0.1, 0.15) is 6.04 Å². The molecule has 0 spiro atoms. The molecule has 1 aromatic rings. The molecule has 2 rings (SSSR count). The van der Waals surface area contributed by atoms with E-state index in [4.69, 9.17) is 21.9 Å². The molecule has 3 unspecified atom stereocenters. The van der Waals surface area contributed by atoms with Crippen LogP contribution in [0.2, 0.25) is 5.02 Å². The number of carbonyl (C=O) groups is 2. The smallest absolute Gasteiger partial charge is 0.407 e. The summed E-state index contributed by atoms with van der Waals surface area (Å²) in [6.45, 7) is 2.27. The van der Waals surface area contributed by atoms with Gasteiger partial charge in [-0.2, -0.15) is 0 Å². The standard InChI is InChI=1S/C16H19ClN4O4/c1-10-9-21(15(23)24)8-7-16(10,11-3-5-12(17)6-4-11)13(19-20-18)14(22)25-2/h3-6,10,13H,7-9H2,1-2H3,(H,23,24). The van der Waals surface area contributed by atoms with Crippen molar-refractivity contribution in [3.05, 3.63) is 45.3 Å². The number of carboxylic acid groups (broad SMARTS) is 1. The third kappa shape index (κ3) is 3.50. The van der Waals surface area contributed by atoms with Crippen molar-refractivity contribution in [1.82, 2.24) is 4.90 Å². The molecule has 1 aromatic carbocycles. The average Bonchev–Trinajstić information content (AvgIpc) is 2.60. The van der Waals surface area contributed by atoms with E-state index in [1.54, 1.807) is 24.3 Å². The third-order valence-corrected chi connectivity index (χ3v) is 5.15. The second-order valence-corrected chi connectivity index (χ2v) is 6.49. The van der Waals surface area contributed by atoms with Gasteiger partial charge in [0.15, 0.2) is 0 Å². The Morgan fingerprint density at radius 3 is 2.60 bits per heavy atom. The molecule has 1 saturated heterocycles. The molecule has 0 bridgehead atoms. The molecular formula is C16H19ClN4O4. The number of hydrogen-bond donors (Lipinski definition) is 1. The van der Waals surface area contributed by atoms with Crippen LogP contribution in [0.25, 0.3) is 10.4 Å². The predicted molar refractivity (Wildman–Crippen MR) is 91.5 cm³/mol. The van der Waals surface area contributed by atoms with Crippen molar-refractivity contribution >= 4 is 23.7 Å². The van der Waals surface area contributed by atoms with Gasteiger partial charge in [-0.25, -0.2) is 4.79 Å². The van der Waals surface area contributed by atoms with Crippen LogP contribution in [0.3, 0.4) is 0 Å². The summed E-state index contributed by atoms with van der Waals surface area (Å²) in [6.07, 6.45) is -0.698. The van der Waals surface area contributed by atoms with Crippen molar-refractivity contribution in [2.45, 2.75) is 24.8 Å². The van der Waals surface area contributed by atoms with Crippen molar-refractivity contribution < 1.29 is 19.4 Å². The lowest BCUT2D eigenvalue weighted by Crippen LogP contribution is -2.57. The molecule has 1 aliphatic rings. The number of esters is 1. The lowest BCUT2D eigenvalue weighted by molar-refractivity contribution is -0.145. The van der Waals surface area contributed by atoms with Crippen molar-refractivity contribution in [2.75, 3.05) is 20.2 Å². The fourth-order valence-corrected chi connectivity index (χ4v) is 3.73. The quantitative estimate of drug-likeness (QED) is 0.380. The van der Waals surface area contributed by atoms with Gasteiger partial charge in [-0.1, -0.05) is 35.8 Å². The molecule has 0 saturated carbocycles. The van der Waals surface area contributed by atoms with Crippen molar-refractivity contribution in [3.8, 4) is 0 Å². The van der Waals surface area contributed by atoms with Crippen LogP contribution >= 0.6 is 11.6 Å². The molecule has 1 aliphatic heterocycles. The molecule has 1 fully saturated rings. The van der Waals surface area contributed by atoms with E-state index in [1.165, 1.54) is 12.0 Å². The zero-order chi connectivity index (χ0) is 18.6. The molecule has 0 radical (unpaired) electrons. The Morgan fingerprint density at radius 1 is 1.48 bits per heavy atom. The number of rotatable bonds is 4. The van der Waals surface area contributed by atoms with Gasteiger partial charge in [-0.15, -0.1) is 0 Å². The van der Waals surface area contributed by atoms with Crippen LogP contribution in [0.5, 0.6) is 0 Å². The second-order valence-electron chi connectivity index (χ2n) is 6.06. The Bertz CT molecular complexity index is 705. The van der Waals surface area contributed by atoms with Gasteiger partial charge in [0.2, 0.25) is 0 Å². The van der Waals surface area contributed by atoms with Crippen LogP contribution in [0.1, 0.15) is 18.9 Å². The second kappa shape index (κ2) is 7.63. The highest BCUT2D eigenvalue weighted by Crippen LogP contribution is 2.44. The molecule has 25 heavy (non-hydrogen) atoms. The fourth-order valence-electron chi connectivity index (χ4n) is 3.60. The highest BCUT2D eigenvalue weighted by molar-refractivity contribution is 6.30. The van der Waals surface area contributed by atoms with Gasteiger partial charge in [0, 0.05) is 28.4 Å². The van der Waals surface area contributed by atoms with E-state index >= 15 is 0 Å². The lowest BCUT2D eigenvalue weighted by atomic mass is 9.62. The lowest BCUT2D eigenvalue weighted by Gasteiger charge is -2.48. The van der Waals surface area contributed by atoms with Crippen LogP contribution in [0.15, 0.2) is 29.4 Å². The Balaban J connectivity index is 2.59. The zero-order valence-electron chi connectivity index (χ0n) is 13.9. The number of ether oxygens (including phenoxy) is 1. The molecule has 9 heteroatoms. The molecule has 1 N–H and O–H groups in total. The largest absolute Gasteiger partial charge is 0.469 e. The molecule has 3 atom stereocenters. The van der Waals surface area contributed by atoms with Gasteiger partial charge in [-0.3, -0.25) is 4.79 Å². The number of carbonyl (C=O) groups excluding carboxylic acids is 1. The van der Waals surface area contributed by atoms with Gasteiger partial charge in [0.25, 0.3) is 0 Å². The number of methoxy groups -OCH3 is 1. The molecule has 0 aromatic heterocycles. The van der Waals surface area contributed by atoms with Crippen LogP contribution in [-0.4, -0.2) is 48.3 Å². The average molecular weight is 367 g/mol. The highest BCUT2D eigenvalue weighted by atomic mass is 35.5. The molecule has 8 nitrogen and oxygen atoms in total. The van der Waals surface area contributed by atoms with E-state index in [-0.39, 0.29) is 19.0 Å². The first kappa shape index (κ1) is 18.9. The fraction of sp³-hybridized carbons (Fsp3) is 0.500. The maximum absolute atomic E-state index is 12.4. The number of likely N-dealkylation sites (tertiary alicyclic amines) is 1. The van der Waals surface area contributed by atoms with Crippen molar-refractivity contribution in [1.29, 1.82) is 0 Å². The summed E-state index contributed by atoms with van der Waals surface area (Å²) in [6, 6.07) is 5.84. The monoisotopic (exact) mass is 366 g/mol. The SMILES string of the molecule is COC(=O)C(N=[N+]=[N-])C1(c2ccc(Cl)cc2)CCN(C(=O)O)CC1C. The van der Waals surface area contributed by atoms with E-state index in [9.17, 15) is 14.7 Å². The topological polar surface area (TPSA) is 116 Å². The molecule has 1 heterocycles. The normalized spacial score (nSPS) is 24.1. The summed E-state index contributed by atoms with van der Waals surface area (Å²) < 4.78 is 4.85. The maximum Gasteiger partial charge on any atom is 0.407 e. The zero-order valence-corrected chi connectivity index (χ0v) is 14.7. The Labute approximate surface area is 150 Å². The van der Waals surface area contributed by atoms with E-state index < -0.39 is 23.5 Å².